The van der Waals surface area contributed by atoms with E-state index >= 15 is 0 Å². The van der Waals surface area contributed by atoms with E-state index in [2.05, 4.69) is 61.0 Å². The fraction of sp³-hybridized carbons (Fsp3) is 0.393. The van der Waals surface area contributed by atoms with Crippen molar-refractivity contribution in [3.63, 3.8) is 0 Å². The third-order valence-corrected chi connectivity index (χ3v) is 6.92. The molecule has 35 heavy (non-hydrogen) atoms. The van der Waals surface area contributed by atoms with Crippen LogP contribution in [0.5, 0.6) is 5.88 Å². The number of nitrogens with one attached hydrogen (secondary N) is 1. The molecule has 0 saturated heterocycles. The van der Waals surface area contributed by atoms with Gasteiger partial charge in [-0.2, -0.15) is 10.1 Å². The van der Waals surface area contributed by atoms with Gasteiger partial charge in [-0.1, -0.05) is 32.0 Å². The molecule has 0 aliphatic carbocycles. The molecule has 3 heterocycles. The average molecular weight is 474 g/mol. The number of rotatable bonds is 6. The van der Waals surface area contributed by atoms with E-state index in [0.717, 1.165) is 51.9 Å². The predicted octanol–water partition coefficient (Wildman–Crippen LogP) is 5.98. The van der Waals surface area contributed by atoms with Crippen molar-refractivity contribution in [1.29, 1.82) is 0 Å². The van der Waals surface area contributed by atoms with E-state index in [0.29, 0.717) is 24.2 Å². The summed E-state index contributed by atoms with van der Waals surface area (Å²) in [7, 11) is 0. The zero-order valence-corrected chi connectivity index (χ0v) is 21.1. The zero-order chi connectivity index (χ0) is 24.7. The molecule has 0 fully saturated rings. The molecule has 0 radical (unpaired) electrons. The number of anilines is 1. The Morgan fingerprint density at radius 1 is 1.09 bits per heavy atom. The Balaban J connectivity index is 1.60. The first kappa shape index (κ1) is 23.3. The van der Waals surface area contributed by atoms with Crippen LogP contribution in [0.4, 0.5) is 10.1 Å². The molecule has 5 rings (SSSR count). The quantitative estimate of drug-likeness (QED) is 0.373. The van der Waals surface area contributed by atoms with Crippen molar-refractivity contribution in [1.82, 2.24) is 20.2 Å². The van der Waals surface area contributed by atoms with Crippen LogP contribution in [-0.2, 0) is 13.0 Å². The van der Waals surface area contributed by atoms with Gasteiger partial charge in [0.05, 0.1) is 29.0 Å². The molecule has 0 spiro atoms. The summed E-state index contributed by atoms with van der Waals surface area (Å²) in [4.78, 5) is 12.2. The molecule has 182 valence electrons. The van der Waals surface area contributed by atoms with E-state index in [9.17, 15) is 4.39 Å². The van der Waals surface area contributed by atoms with Crippen molar-refractivity contribution < 1.29 is 9.13 Å². The molecule has 2 aromatic carbocycles. The monoisotopic (exact) mass is 473 g/mol. The van der Waals surface area contributed by atoms with Gasteiger partial charge < -0.3 is 9.64 Å². The standard InChI is InChI=1S/C28H32FN5O/c1-16(2)20-8-6-17(3)24(14-20)34-12-10-22-21(15-34)28(35-13-11-29)31-27(30-22)25-18(4)7-9-23-26(25)19(5)32-33-23/h6-9,14,16H,10-13,15H2,1-5H3,(H,32,33). The van der Waals surface area contributed by atoms with Gasteiger partial charge in [-0.25, -0.2) is 9.37 Å². The second-order valence-corrected chi connectivity index (χ2v) is 9.68. The summed E-state index contributed by atoms with van der Waals surface area (Å²) in [5.74, 6) is 1.54. The number of aromatic nitrogens is 4. The number of H-pyrrole nitrogens is 1. The topological polar surface area (TPSA) is 66.9 Å². The number of hydrogen-bond acceptors (Lipinski definition) is 5. The summed E-state index contributed by atoms with van der Waals surface area (Å²) >= 11 is 0. The average Bonchev–Trinajstić information content (AvgIpc) is 3.22. The van der Waals surface area contributed by atoms with E-state index in [1.165, 1.54) is 16.8 Å². The molecule has 0 bridgehead atoms. The van der Waals surface area contributed by atoms with Gasteiger partial charge in [0, 0.05) is 29.6 Å². The van der Waals surface area contributed by atoms with Gasteiger partial charge in [0.25, 0.3) is 0 Å². The Hall–Kier alpha value is -3.48. The first-order valence-electron chi connectivity index (χ1n) is 12.3. The number of alkyl halides is 1. The lowest BCUT2D eigenvalue weighted by Crippen LogP contribution is -2.32. The van der Waals surface area contributed by atoms with Crippen LogP contribution in [0.15, 0.2) is 30.3 Å². The molecular weight excluding hydrogens is 441 g/mol. The van der Waals surface area contributed by atoms with Crippen LogP contribution >= 0.6 is 0 Å². The molecule has 0 saturated carbocycles. The summed E-state index contributed by atoms with van der Waals surface area (Å²) < 4.78 is 19.0. The highest BCUT2D eigenvalue weighted by Gasteiger charge is 2.26. The molecule has 2 aromatic heterocycles. The lowest BCUT2D eigenvalue weighted by atomic mass is 9.98. The highest BCUT2D eigenvalue weighted by Crippen LogP contribution is 2.36. The smallest absolute Gasteiger partial charge is 0.222 e. The minimum atomic E-state index is -0.567. The Labute approximate surface area is 205 Å². The molecule has 1 aliphatic rings. The number of ether oxygens (including phenoxy) is 1. The fourth-order valence-corrected chi connectivity index (χ4v) is 4.95. The second-order valence-electron chi connectivity index (χ2n) is 9.68. The van der Waals surface area contributed by atoms with Crippen LogP contribution in [0.3, 0.4) is 0 Å². The number of halogens is 1. The molecule has 6 nitrogen and oxygen atoms in total. The first-order valence-corrected chi connectivity index (χ1v) is 12.3. The van der Waals surface area contributed by atoms with E-state index in [4.69, 9.17) is 14.7 Å². The second kappa shape index (κ2) is 9.29. The summed E-state index contributed by atoms with van der Waals surface area (Å²) in [5, 5.41) is 8.48. The summed E-state index contributed by atoms with van der Waals surface area (Å²) in [6.07, 6.45) is 0.765. The third kappa shape index (κ3) is 4.24. The van der Waals surface area contributed by atoms with E-state index in [1.807, 2.05) is 19.1 Å². The van der Waals surface area contributed by atoms with Crippen molar-refractivity contribution in [3.8, 4) is 17.3 Å². The highest BCUT2D eigenvalue weighted by atomic mass is 19.1. The lowest BCUT2D eigenvalue weighted by Gasteiger charge is -2.32. The predicted molar refractivity (Wildman–Crippen MR) is 138 cm³/mol. The van der Waals surface area contributed by atoms with Crippen molar-refractivity contribution in [2.75, 3.05) is 24.7 Å². The van der Waals surface area contributed by atoms with E-state index in [-0.39, 0.29) is 6.61 Å². The van der Waals surface area contributed by atoms with E-state index in [1.54, 1.807) is 0 Å². The lowest BCUT2D eigenvalue weighted by molar-refractivity contribution is 0.261. The molecule has 4 aromatic rings. The molecule has 1 aliphatic heterocycles. The Morgan fingerprint density at radius 2 is 1.89 bits per heavy atom. The SMILES string of the molecule is Cc1ccc(C(C)C)cc1N1CCc2nc(-c3c(C)ccc4[nH]nc(C)c34)nc(OCCF)c2C1. The minimum Gasteiger partial charge on any atom is -0.475 e. The van der Waals surface area contributed by atoms with Crippen LogP contribution in [0.25, 0.3) is 22.3 Å². The van der Waals surface area contributed by atoms with Crippen molar-refractivity contribution in [2.45, 2.75) is 53.5 Å². The minimum absolute atomic E-state index is 0.0291. The van der Waals surface area contributed by atoms with Crippen molar-refractivity contribution in [2.24, 2.45) is 0 Å². The Kier molecular flexibility index (Phi) is 6.17. The van der Waals surface area contributed by atoms with Crippen LogP contribution in [0.1, 0.15) is 53.4 Å². The Bertz CT molecular complexity index is 1390. The maximum atomic E-state index is 13.1. The van der Waals surface area contributed by atoms with Gasteiger partial charge in [-0.15, -0.1) is 0 Å². The number of hydrogen-bond donors (Lipinski definition) is 1. The molecule has 0 unspecified atom stereocenters. The first-order chi connectivity index (χ1) is 16.9. The normalized spacial score (nSPS) is 13.5. The van der Waals surface area contributed by atoms with Gasteiger partial charge in [0.1, 0.15) is 13.3 Å². The zero-order valence-electron chi connectivity index (χ0n) is 21.1. The molecule has 1 N–H and O–H groups in total. The maximum Gasteiger partial charge on any atom is 0.222 e. The summed E-state index contributed by atoms with van der Waals surface area (Å²) in [5.41, 5.74) is 9.54. The summed E-state index contributed by atoms with van der Waals surface area (Å²) in [6, 6.07) is 10.8. The number of aryl methyl sites for hydroxylation is 3. The van der Waals surface area contributed by atoms with Gasteiger partial charge in [-0.3, -0.25) is 5.10 Å². The number of nitrogens with zero attached hydrogens (tertiary/aromatic N) is 4. The van der Waals surface area contributed by atoms with Gasteiger partial charge in [0.15, 0.2) is 5.82 Å². The van der Waals surface area contributed by atoms with Gasteiger partial charge in [-0.05, 0) is 55.5 Å². The number of benzene rings is 2. The molecule has 0 amide bonds. The van der Waals surface area contributed by atoms with Crippen LogP contribution in [0, 0.1) is 20.8 Å². The Morgan fingerprint density at radius 3 is 2.66 bits per heavy atom. The maximum absolute atomic E-state index is 13.1. The van der Waals surface area contributed by atoms with Gasteiger partial charge in [0.2, 0.25) is 5.88 Å². The van der Waals surface area contributed by atoms with Crippen molar-refractivity contribution >= 4 is 16.6 Å². The van der Waals surface area contributed by atoms with E-state index < -0.39 is 6.67 Å². The molecular formula is C28H32FN5O. The van der Waals surface area contributed by atoms with Crippen LogP contribution < -0.4 is 9.64 Å². The molecule has 0 atom stereocenters. The summed E-state index contributed by atoms with van der Waals surface area (Å²) in [6.45, 7) is 11.5. The molecule has 7 heteroatoms. The van der Waals surface area contributed by atoms with Crippen molar-refractivity contribution in [3.05, 3.63) is 64.0 Å². The fourth-order valence-electron chi connectivity index (χ4n) is 4.95. The number of aromatic amines is 1. The largest absolute Gasteiger partial charge is 0.475 e. The van der Waals surface area contributed by atoms with Crippen LogP contribution in [-0.4, -0.2) is 40.0 Å². The highest BCUT2D eigenvalue weighted by molar-refractivity contribution is 5.96. The van der Waals surface area contributed by atoms with Crippen LogP contribution in [0.2, 0.25) is 0 Å². The third-order valence-electron chi connectivity index (χ3n) is 6.92. The number of fused-ring (bicyclic) bond motifs is 2. The van der Waals surface area contributed by atoms with Gasteiger partial charge >= 0.3 is 0 Å².